The molecule has 0 amide bonds. The zero-order valence-electron chi connectivity index (χ0n) is 6.50. The summed E-state index contributed by atoms with van der Waals surface area (Å²) in [4.78, 5) is 4.21. The molecular weight excluding hydrogens is 158 g/mol. The Morgan fingerprint density at radius 1 is 1.64 bits per heavy atom. The van der Waals surface area contributed by atoms with Gasteiger partial charge in [0.1, 0.15) is 5.82 Å². The van der Waals surface area contributed by atoms with Gasteiger partial charge in [-0.15, -0.1) is 0 Å². The minimum atomic E-state index is 0.869. The van der Waals surface area contributed by atoms with Gasteiger partial charge < -0.3 is 5.32 Å². The predicted octanol–water partition coefficient (Wildman–Crippen LogP) is 1.67. The molecule has 0 aromatic carbocycles. The Bertz CT molecular complexity index is 242. The average molecular weight is 169 g/mol. The number of aromatic nitrogens is 2. The van der Waals surface area contributed by atoms with Crippen molar-refractivity contribution in [2.75, 3.05) is 11.9 Å². The van der Waals surface area contributed by atoms with E-state index < -0.39 is 0 Å². The fourth-order valence-electron chi connectivity index (χ4n) is 0.922. The molecule has 1 heterocycles. The third-order valence-corrected chi connectivity index (χ3v) is 2.53. The van der Waals surface area contributed by atoms with Gasteiger partial charge in [-0.05, 0) is 25.7 Å². The van der Waals surface area contributed by atoms with E-state index in [0.717, 1.165) is 23.4 Å². The molecule has 0 atom stereocenters. The van der Waals surface area contributed by atoms with Gasteiger partial charge in [0.2, 0.25) is 5.13 Å². The van der Waals surface area contributed by atoms with Crippen LogP contribution >= 0.6 is 11.5 Å². The first-order valence-electron chi connectivity index (χ1n) is 3.89. The van der Waals surface area contributed by atoms with Gasteiger partial charge in [0.15, 0.2) is 0 Å². The van der Waals surface area contributed by atoms with Crippen LogP contribution in [0.4, 0.5) is 5.13 Å². The summed E-state index contributed by atoms with van der Waals surface area (Å²) in [7, 11) is 0. The first-order valence-corrected chi connectivity index (χ1v) is 4.66. The molecule has 0 unspecified atom stereocenters. The van der Waals surface area contributed by atoms with Crippen molar-refractivity contribution >= 4 is 16.7 Å². The number of anilines is 1. The molecule has 1 saturated carbocycles. The van der Waals surface area contributed by atoms with E-state index in [-0.39, 0.29) is 0 Å². The zero-order valence-corrected chi connectivity index (χ0v) is 7.32. The summed E-state index contributed by atoms with van der Waals surface area (Å²) in [6.07, 6.45) is 2.76. The molecular formula is C7H11N3S. The van der Waals surface area contributed by atoms with E-state index in [4.69, 9.17) is 0 Å². The van der Waals surface area contributed by atoms with Crippen LogP contribution in [-0.2, 0) is 0 Å². The number of hydrogen-bond donors (Lipinski definition) is 1. The van der Waals surface area contributed by atoms with Gasteiger partial charge in [-0.25, -0.2) is 4.98 Å². The van der Waals surface area contributed by atoms with Gasteiger partial charge >= 0.3 is 0 Å². The summed E-state index contributed by atoms with van der Waals surface area (Å²) >= 11 is 1.45. The highest BCUT2D eigenvalue weighted by Gasteiger charge is 2.20. The van der Waals surface area contributed by atoms with E-state index in [0.29, 0.717) is 0 Å². The lowest BCUT2D eigenvalue weighted by Crippen LogP contribution is -2.02. The van der Waals surface area contributed by atoms with Crippen LogP contribution in [0.1, 0.15) is 18.7 Å². The summed E-state index contributed by atoms with van der Waals surface area (Å²) in [6, 6.07) is 0. The van der Waals surface area contributed by atoms with Gasteiger partial charge in [0, 0.05) is 18.1 Å². The van der Waals surface area contributed by atoms with E-state index >= 15 is 0 Å². The second-order valence-electron chi connectivity index (χ2n) is 2.97. The van der Waals surface area contributed by atoms with Crippen molar-refractivity contribution in [2.24, 2.45) is 5.92 Å². The maximum atomic E-state index is 4.21. The van der Waals surface area contributed by atoms with Crippen molar-refractivity contribution < 1.29 is 0 Å². The van der Waals surface area contributed by atoms with E-state index in [1.807, 2.05) is 6.92 Å². The van der Waals surface area contributed by atoms with Crippen LogP contribution in [0.2, 0.25) is 0 Å². The Kier molecular flexibility index (Phi) is 1.77. The smallest absolute Gasteiger partial charge is 0.202 e. The third-order valence-electron chi connectivity index (χ3n) is 1.77. The molecule has 4 heteroatoms. The van der Waals surface area contributed by atoms with Crippen LogP contribution in [0.25, 0.3) is 0 Å². The zero-order chi connectivity index (χ0) is 7.68. The molecule has 0 aliphatic heterocycles. The van der Waals surface area contributed by atoms with Gasteiger partial charge in [0.05, 0.1) is 0 Å². The lowest BCUT2D eigenvalue weighted by molar-refractivity contribution is 0.886. The van der Waals surface area contributed by atoms with E-state index in [9.17, 15) is 0 Å². The molecule has 1 aromatic rings. The molecule has 1 N–H and O–H groups in total. The number of rotatable bonds is 3. The lowest BCUT2D eigenvalue weighted by Gasteiger charge is -1.96. The molecule has 1 aromatic heterocycles. The van der Waals surface area contributed by atoms with Crippen LogP contribution in [0.5, 0.6) is 0 Å². The van der Waals surface area contributed by atoms with Crippen molar-refractivity contribution in [3.8, 4) is 0 Å². The third kappa shape index (κ3) is 1.89. The average Bonchev–Trinajstić information content (AvgIpc) is 2.72. The molecule has 1 fully saturated rings. The van der Waals surface area contributed by atoms with Gasteiger partial charge in [-0.3, -0.25) is 0 Å². The number of nitrogens with one attached hydrogen (secondary N) is 1. The topological polar surface area (TPSA) is 37.8 Å². The fraction of sp³-hybridized carbons (Fsp3) is 0.714. The molecule has 11 heavy (non-hydrogen) atoms. The van der Waals surface area contributed by atoms with Gasteiger partial charge in [-0.2, -0.15) is 4.37 Å². The van der Waals surface area contributed by atoms with Crippen LogP contribution in [0.3, 0.4) is 0 Å². The van der Waals surface area contributed by atoms with Gasteiger partial charge in [0.25, 0.3) is 0 Å². The molecule has 3 nitrogen and oxygen atoms in total. The Hall–Kier alpha value is -0.640. The highest BCUT2D eigenvalue weighted by molar-refractivity contribution is 7.09. The summed E-state index contributed by atoms with van der Waals surface area (Å²) < 4.78 is 4.08. The summed E-state index contributed by atoms with van der Waals surface area (Å²) in [6.45, 7) is 2.99. The standard InChI is InChI=1S/C7H11N3S/c1-5-9-7(11-10-5)8-4-6-2-3-6/h6H,2-4H2,1H3,(H,8,9,10). The van der Waals surface area contributed by atoms with Crippen LogP contribution in [-0.4, -0.2) is 15.9 Å². The number of aryl methyl sites for hydroxylation is 1. The largest absolute Gasteiger partial charge is 0.360 e. The minimum Gasteiger partial charge on any atom is -0.360 e. The first-order chi connectivity index (χ1) is 5.34. The monoisotopic (exact) mass is 169 g/mol. The Balaban J connectivity index is 1.85. The SMILES string of the molecule is Cc1nsc(NCC2CC2)n1. The number of hydrogen-bond acceptors (Lipinski definition) is 4. The molecule has 2 rings (SSSR count). The predicted molar refractivity (Wildman–Crippen MR) is 45.9 cm³/mol. The summed E-state index contributed by atoms with van der Waals surface area (Å²) in [5.41, 5.74) is 0. The quantitative estimate of drug-likeness (QED) is 0.748. The second kappa shape index (κ2) is 2.77. The lowest BCUT2D eigenvalue weighted by atomic mass is 10.4. The van der Waals surface area contributed by atoms with Gasteiger partial charge in [-0.1, -0.05) is 0 Å². The molecule has 0 saturated heterocycles. The van der Waals surface area contributed by atoms with Crippen molar-refractivity contribution in [1.82, 2.24) is 9.36 Å². The Morgan fingerprint density at radius 3 is 3.00 bits per heavy atom. The van der Waals surface area contributed by atoms with E-state index in [1.54, 1.807) is 0 Å². The first kappa shape index (κ1) is 7.03. The molecule has 1 aliphatic rings. The summed E-state index contributed by atoms with van der Waals surface area (Å²) in [5, 5.41) is 4.24. The maximum absolute atomic E-state index is 4.21. The van der Waals surface area contributed by atoms with E-state index in [1.165, 1.54) is 24.4 Å². The number of nitrogens with zero attached hydrogens (tertiary/aromatic N) is 2. The van der Waals surface area contributed by atoms with Crippen molar-refractivity contribution in [1.29, 1.82) is 0 Å². The molecule has 1 aliphatic carbocycles. The molecule has 60 valence electrons. The van der Waals surface area contributed by atoms with Crippen molar-refractivity contribution in [3.63, 3.8) is 0 Å². The molecule has 0 bridgehead atoms. The molecule has 0 spiro atoms. The minimum absolute atomic E-state index is 0.869. The maximum Gasteiger partial charge on any atom is 0.202 e. The van der Waals surface area contributed by atoms with Crippen LogP contribution < -0.4 is 5.32 Å². The second-order valence-corrected chi connectivity index (χ2v) is 3.72. The normalized spacial score (nSPS) is 16.8. The Labute approximate surface area is 70.0 Å². The van der Waals surface area contributed by atoms with E-state index in [2.05, 4.69) is 14.7 Å². The summed E-state index contributed by atoms with van der Waals surface area (Å²) in [5.74, 6) is 1.77. The van der Waals surface area contributed by atoms with Crippen LogP contribution in [0.15, 0.2) is 0 Å². The fourth-order valence-corrected chi connectivity index (χ4v) is 1.50. The highest BCUT2D eigenvalue weighted by Crippen LogP contribution is 2.29. The van der Waals surface area contributed by atoms with Crippen molar-refractivity contribution in [3.05, 3.63) is 5.82 Å². The van der Waals surface area contributed by atoms with Crippen LogP contribution in [0, 0.1) is 12.8 Å². The van der Waals surface area contributed by atoms with Crippen molar-refractivity contribution in [2.45, 2.75) is 19.8 Å². The molecule has 0 radical (unpaired) electrons. The Morgan fingerprint density at radius 2 is 2.45 bits per heavy atom. The highest BCUT2D eigenvalue weighted by atomic mass is 32.1.